The average molecular weight is 158 g/mol. The van der Waals surface area contributed by atoms with Crippen molar-refractivity contribution in [3.05, 3.63) is 18.0 Å². The zero-order chi connectivity index (χ0) is 7.40. The van der Waals surface area contributed by atoms with Crippen molar-refractivity contribution in [1.82, 2.24) is 0 Å². The monoisotopic (exact) mass is 157 g/mol. The van der Waals surface area contributed by atoms with Crippen LogP contribution in [-0.2, 0) is 0 Å². The summed E-state index contributed by atoms with van der Waals surface area (Å²) < 4.78 is 0. The molecule has 1 radical (unpaired) electrons. The van der Waals surface area contributed by atoms with Crippen LogP contribution in [0.4, 0.5) is 0 Å². The van der Waals surface area contributed by atoms with Gasteiger partial charge in [-0.3, -0.25) is 0 Å². The molecule has 0 bridgehead atoms. The molecule has 1 heteroatoms. The van der Waals surface area contributed by atoms with Crippen molar-refractivity contribution < 1.29 is 0 Å². The van der Waals surface area contributed by atoms with Crippen LogP contribution in [0.2, 0.25) is 0 Å². The summed E-state index contributed by atoms with van der Waals surface area (Å²) >= 11 is 5.56. The van der Waals surface area contributed by atoms with E-state index in [2.05, 4.69) is 6.92 Å². The molecular weight excluding hydrogens is 144 g/mol. The Bertz CT molecular complexity index is 121. The molecule has 0 unspecified atom stereocenters. The molecule has 0 aromatic rings. The average Bonchev–Trinajstić information content (AvgIpc) is 2.05. The van der Waals surface area contributed by atoms with Gasteiger partial charge in [-0.15, -0.1) is 0 Å². The highest BCUT2D eigenvalue weighted by atomic mass is 35.5. The molecule has 0 aromatic heterocycles. The van der Waals surface area contributed by atoms with E-state index >= 15 is 0 Å². The van der Waals surface area contributed by atoms with Crippen LogP contribution in [0.25, 0.3) is 0 Å². The number of hydrogen-bond acceptors (Lipinski definition) is 0. The SMILES string of the molecule is [CH2]C(=CCl)C1CCCCC1. The Kier molecular flexibility index (Phi) is 3.27. The minimum atomic E-state index is 0.686. The molecule has 0 saturated heterocycles. The van der Waals surface area contributed by atoms with E-state index in [9.17, 15) is 0 Å². The lowest BCUT2D eigenvalue weighted by Gasteiger charge is -2.21. The Labute approximate surface area is 68.3 Å². The maximum Gasteiger partial charge on any atom is 0.00373 e. The minimum Gasteiger partial charge on any atom is -0.0930 e. The third kappa shape index (κ3) is 2.02. The Morgan fingerprint density at radius 3 is 2.40 bits per heavy atom. The van der Waals surface area contributed by atoms with Gasteiger partial charge in [0.25, 0.3) is 0 Å². The van der Waals surface area contributed by atoms with E-state index in [1.54, 1.807) is 5.54 Å². The summed E-state index contributed by atoms with van der Waals surface area (Å²) in [6.45, 7) is 3.91. The van der Waals surface area contributed by atoms with Gasteiger partial charge < -0.3 is 0 Å². The summed E-state index contributed by atoms with van der Waals surface area (Å²) in [6.07, 6.45) is 6.69. The third-order valence-electron chi connectivity index (χ3n) is 2.27. The standard InChI is InChI=1S/C9H14Cl/c1-8(7-10)9-5-3-2-4-6-9/h7,9H,1-6H2. The topological polar surface area (TPSA) is 0 Å². The van der Waals surface area contributed by atoms with Crippen LogP contribution in [0.3, 0.4) is 0 Å². The summed E-state index contributed by atoms with van der Waals surface area (Å²) in [4.78, 5) is 0. The van der Waals surface area contributed by atoms with Gasteiger partial charge in [0.2, 0.25) is 0 Å². The van der Waals surface area contributed by atoms with Crippen molar-refractivity contribution in [2.45, 2.75) is 32.1 Å². The molecular formula is C9H14Cl. The Morgan fingerprint density at radius 2 is 1.90 bits per heavy atom. The molecule has 0 amide bonds. The zero-order valence-corrected chi connectivity index (χ0v) is 7.03. The van der Waals surface area contributed by atoms with Crippen LogP contribution >= 0.6 is 11.6 Å². The molecule has 0 atom stereocenters. The molecule has 57 valence electrons. The highest BCUT2D eigenvalue weighted by Crippen LogP contribution is 2.29. The fraction of sp³-hybridized carbons (Fsp3) is 0.667. The second kappa shape index (κ2) is 4.02. The van der Waals surface area contributed by atoms with Crippen molar-refractivity contribution in [2.75, 3.05) is 0 Å². The lowest BCUT2D eigenvalue weighted by molar-refractivity contribution is 0.408. The first-order valence-corrected chi connectivity index (χ1v) is 4.40. The molecule has 10 heavy (non-hydrogen) atoms. The zero-order valence-electron chi connectivity index (χ0n) is 6.28. The number of halogens is 1. The van der Waals surface area contributed by atoms with Gasteiger partial charge in [0.05, 0.1) is 0 Å². The Morgan fingerprint density at radius 1 is 1.30 bits per heavy atom. The smallest absolute Gasteiger partial charge is 0.00373 e. The lowest BCUT2D eigenvalue weighted by Crippen LogP contribution is -2.06. The fourth-order valence-electron chi connectivity index (χ4n) is 1.56. The molecule has 1 fully saturated rings. The summed E-state index contributed by atoms with van der Waals surface area (Å²) in [7, 11) is 0. The van der Waals surface area contributed by atoms with E-state index in [4.69, 9.17) is 11.6 Å². The Balaban J connectivity index is 2.39. The number of hydrogen-bond donors (Lipinski definition) is 0. The summed E-state index contributed by atoms with van der Waals surface area (Å²) in [5.41, 5.74) is 2.76. The van der Waals surface area contributed by atoms with Gasteiger partial charge in [-0.05, 0) is 25.7 Å². The normalized spacial score (nSPS) is 23.2. The van der Waals surface area contributed by atoms with Gasteiger partial charge in [-0.2, -0.15) is 0 Å². The first-order chi connectivity index (χ1) is 4.84. The molecule has 0 N–H and O–H groups in total. The second-order valence-corrected chi connectivity index (χ2v) is 3.24. The molecule has 0 nitrogen and oxygen atoms in total. The summed E-state index contributed by atoms with van der Waals surface area (Å²) in [6, 6.07) is 0. The molecule has 1 aliphatic rings. The quantitative estimate of drug-likeness (QED) is 0.547. The first kappa shape index (κ1) is 8.13. The van der Waals surface area contributed by atoms with Gasteiger partial charge in [0.15, 0.2) is 0 Å². The fourth-order valence-corrected chi connectivity index (χ4v) is 1.74. The summed E-state index contributed by atoms with van der Waals surface area (Å²) in [5.74, 6) is 0.686. The molecule has 0 heterocycles. The number of allylic oxidation sites excluding steroid dienone is 1. The van der Waals surface area contributed by atoms with E-state index < -0.39 is 0 Å². The maximum absolute atomic E-state index is 5.56. The first-order valence-electron chi connectivity index (χ1n) is 3.97. The van der Waals surface area contributed by atoms with E-state index in [-0.39, 0.29) is 0 Å². The van der Waals surface area contributed by atoms with Crippen molar-refractivity contribution in [3.8, 4) is 0 Å². The Hall–Kier alpha value is 0.0300. The maximum atomic E-state index is 5.56. The van der Waals surface area contributed by atoms with E-state index in [1.807, 2.05) is 0 Å². The van der Waals surface area contributed by atoms with E-state index in [0.29, 0.717) is 5.92 Å². The largest absolute Gasteiger partial charge is 0.0930 e. The van der Waals surface area contributed by atoms with Crippen molar-refractivity contribution in [2.24, 2.45) is 5.92 Å². The third-order valence-corrected chi connectivity index (χ3v) is 2.55. The van der Waals surface area contributed by atoms with Crippen LogP contribution in [-0.4, -0.2) is 0 Å². The number of rotatable bonds is 1. The molecule has 0 aliphatic heterocycles. The van der Waals surface area contributed by atoms with Crippen LogP contribution in [0.5, 0.6) is 0 Å². The van der Waals surface area contributed by atoms with Gasteiger partial charge in [-0.1, -0.05) is 36.4 Å². The highest BCUT2D eigenvalue weighted by Gasteiger charge is 2.13. The summed E-state index contributed by atoms with van der Waals surface area (Å²) in [5, 5.41) is 0. The van der Waals surface area contributed by atoms with Crippen LogP contribution in [0.15, 0.2) is 11.1 Å². The van der Waals surface area contributed by atoms with Gasteiger partial charge in [0.1, 0.15) is 0 Å². The van der Waals surface area contributed by atoms with Gasteiger partial charge in [0, 0.05) is 5.54 Å². The van der Waals surface area contributed by atoms with Crippen LogP contribution < -0.4 is 0 Å². The van der Waals surface area contributed by atoms with Crippen molar-refractivity contribution >= 4 is 11.6 Å². The van der Waals surface area contributed by atoms with Crippen molar-refractivity contribution in [1.29, 1.82) is 0 Å². The second-order valence-electron chi connectivity index (χ2n) is 3.02. The van der Waals surface area contributed by atoms with E-state index in [0.717, 1.165) is 5.57 Å². The van der Waals surface area contributed by atoms with E-state index in [1.165, 1.54) is 32.1 Å². The predicted molar refractivity (Wildman–Crippen MR) is 45.9 cm³/mol. The molecule has 1 aliphatic carbocycles. The molecule has 1 rings (SSSR count). The minimum absolute atomic E-state index is 0.686. The van der Waals surface area contributed by atoms with Gasteiger partial charge in [-0.25, -0.2) is 0 Å². The molecule has 0 aromatic carbocycles. The van der Waals surface area contributed by atoms with Gasteiger partial charge >= 0.3 is 0 Å². The molecule has 1 saturated carbocycles. The lowest BCUT2D eigenvalue weighted by atomic mass is 9.85. The van der Waals surface area contributed by atoms with Crippen molar-refractivity contribution in [3.63, 3.8) is 0 Å². The highest BCUT2D eigenvalue weighted by molar-refractivity contribution is 6.25. The van der Waals surface area contributed by atoms with Crippen LogP contribution in [0, 0.1) is 12.8 Å². The predicted octanol–water partition coefficient (Wildman–Crippen LogP) is 3.52. The van der Waals surface area contributed by atoms with Crippen LogP contribution in [0.1, 0.15) is 32.1 Å². The molecule has 0 spiro atoms.